The average molecular weight is 229 g/mol. The second-order valence-corrected chi connectivity index (χ2v) is 3.71. The Morgan fingerprint density at radius 2 is 1.82 bits per heavy atom. The predicted octanol–water partition coefficient (Wildman–Crippen LogP) is 2.44. The van der Waals surface area contributed by atoms with Crippen LogP contribution in [0.25, 0.3) is 0 Å². The van der Waals surface area contributed by atoms with Gasteiger partial charge in [0.15, 0.2) is 0 Å². The third kappa shape index (κ3) is 2.47. The highest BCUT2D eigenvalue weighted by Gasteiger charge is 2.04. The lowest BCUT2D eigenvalue weighted by Crippen LogP contribution is -2.10. The van der Waals surface area contributed by atoms with Crippen molar-refractivity contribution in [2.75, 3.05) is 24.8 Å². The fourth-order valence-electron chi connectivity index (χ4n) is 1.53. The smallest absolute Gasteiger partial charge is 0.132 e. The number of rotatable bonds is 3. The van der Waals surface area contributed by atoms with Gasteiger partial charge in [-0.1, -0.05) is 0 Å². The van der Waals surface area contributed by atoms with Crippen molar-refractivity contribution in [2.24, 2.45) is 0 Å². The van der Waals surface area contributed by atoms with Crippen LogP contribution in [0.3, 0.4) is 0 Å². The van der Waals surface area contributed by atoms with E-state index in [2.05, 4.69) is 4.98 Å². The third-order valence-corrected chi connectivity index (χ3v) is 2.57. The Morgan fingerprint density at radius 3 is 2.35 bits per heavy atom. The van der Waals surface area contributed by atoms with E-state index in [4.69, 9.17) is 10.5 Å². The van der Waals surface area contributed by atoms with Crippen molar-refractivity contribution < 1.29 is 4.74 Å². The molecule has 0 unspecified atom stereocenters. The molecule has 0 aliphatic rings. The van der Waals surface area contributed by atoms with E-state index in [-0.39, 0.29) is 0 Å². The van der Waals surface area contributed by atoms with E-state index in [0.29, 0.717) is 5.69 Å². The molecule has 0 amide bonds. The fraction of sp³-hybridized carbons (Fsp3) is 0.154. The van der Waals surface area contributed by atoms with Crippen molar-refractivity contribution in [3.05, 3.63) is 42.6 Å². The van der Waals surface area contributed by atoms with Crippen molar-refractivity contribution >= 4 is 17.2 Å². The van der Waals surface area contributed by atoms with Crippen LogP contribution in [0.1, 0.15) is 0 Å². The van der Waals surface area contributed by atoms with Gasteiger partial charge in [0.05, 0.1) is 19.0 Å². The molecule has 17 heavy (non-hydrogen) atoms. The minimum Gasteiger partial charge on any atom is -0.497 e. The van der Waals surface area contributed by atoms with Crippen LogP contribution in [-0.4, -0.2) is 19.1 Å². The Morgan fingerprint density at radius 1 is 1.12 bits per heavy atom. The maximum absolute atomic E-state index is 5.61. The number of aromatic nitrogens is 1. The Labute approximate surface area is 101 Å². The molecular formula is C13H15N3O. The Bertz CT molecular complexity index is 479. The van der Waals surface area contributed by atoms with Crippen molar-refractivity contribution in [3.8, 4) is 5.75 Å². The second kappa shape index (κ2) is 4.74. The van der Waals surface area contributed by atoms with Gasteiger partial charge in [0, 0.05) is 12.7 Å². The number of nitrogens with two attached hydrogens (primary N) is 1. The average Bonchev–Trinajstić information content (AvgIpc) is 2.39. The number of anilines is 3. The summed E-state index contributed by atoms with van der Waals surface area (Å²) < 4.78 is 5.12. The molecule has 4 nitrogen and oxygen atoms in total. The second-order valence-electron chi connectivity index (χ2n) is 3.71. The van der Waals surface area contributed by atoms with E-state index in [1.54, 1.807) is 13.3 Å². The van der Waals surface area contributed by atoms with Crippen LogP contribution in [0.4, 0.5) is 17.2 Å². The van der Waals surface area contributed by atoms with Crippen LogP contribution in [0, 0.1) is 0 Å². The summed E-state index contributed by atoms with van der Waals surface area (Å²) in [4.78, 5) is 6.25. The van der Waals surface area contributed by atoms with E-state index < -0.39 is 0 Å². The Balaban J connectivity index is 2.23. The SMILES string of the molecule is COc1ccc(N(C)c2ccc(N)cn2)cc1. The van der Waals surface area contributed by atoms with E-state index in [0.717, 1.165) is 17.3 Å². The number of nitrogen functional groups attached to an aromatic ring is 1. The first kappa shape index (κ1) is 11.3. The van der Waals surface area contributed by atoms with E-state index in [9.17, 15) is 0 Å². The van der Waals surface area contributed by atoms with Gasteiger partial charge in [0.2, 0.25) is 0 Å². The normalized spacial score (nSPS) is 10.0. The van der Waals surface area contributed by atoms with Crippen LogP contribution < -0.4 is 15.4 Å². The maximum atomic E-state index is 5.61. The minimum absolute atomic E-state index is 0.664. The third-order valence-electron chi connectivity index (χ3n) is 2.57. The number of hydrogen-bond donors (Lipinski definition) is 1. The number of pyridine rings is 1. The van der Waals surface area contributed by atoms with Crippen LogP contribution in [0.15, 0.2) is 42.6 Å². The van der Waals surface area contributed by atoms with E-state index in [1.165, 1.54) is 0 Å². The highest BCUT2D eigenvalue weighted by Crippen LogP contribution is 2.24. The number of nitrogens with zero attached hydrogens (tertiary/aromatic N) is 2. The van der Waals surface area contributed by atoms with Crippen molar-refractivity contribution in [1.29, 1.82) is 0 Å². The molecule has 0 spiro atoms. The standard InChI is InChI=1S/C13H15N3O/c1-16(13-8-3-10(14)9-15-13)11-4-6-12(17-2)7-5-11/h3-9H,14H2,1-2H3. The topological polar surface area (TPSA) is 51.4 Å². The summed E-state index contributed by atoms with van der Waals surface area (Å²) in [7, 11) is 3.61. The summed E-state index contributed by atoms with van der Waals surface area (Å²) in [5.41, 5.74) is 7.31. The van der Waals surface area contributed by atoms with E-state index >= 15 is 0 Å². The van der Waals surface area contributed by atoms with Crippen LogP contribution in [-0.2, 0) is 0 Å². The zero-order chi connectivity index (χ0) is 12.3. The molecular weight excluding hydrogens is 214 g/mol. The number of hydrogen-bond acceptors (Lipinski definition) is 4. The predicted molar refractivity (Wildman–Crippen MR) is 69.7 cm³/mol. The number of methoxy groups -OCH3 is 1. The summed E-state index contributed by atoms with van der Waals surface area (Å²) in [6.07, 6.45) is 1.65. The summed E-state index contributed by atoms with van der Waals surface area (Å²) >= 11 is 0. The molecule has 0 aliphatic carbocycles. The first-order valence-electron chi connectivity index (χ1n) is 5.30. The molecule has 88 valence electrons. The molecule has 2 aromatic rings. The lowest BCUT2D eigenvalue weighted by molar-refractivity contribution is 0.415. The lowest BCUT2D eigenvalue weighted by Gasteiger charge is -2.18. The number of benzene rings is 1. The molecule has 0 radical (unpaired) electrons. The van der Waals surface area contributed by atoms with Gasteiger partial charge < -0.3 is 15.4 Å². The highest BCUT2D eigenvalue weighted by atomic mass is 16.5. The quantitative estimate of drug-likeness (QED) is 0.878. The summed E-state index contributed by atoms with van der Waals surface area (Å²) in [5.74, 6) is 1.69. The molecule has 0 fully saturated rings. The Hall–Kier alpha value is -2.23. The fourth-order valence-corrected chi connectivity index (χ4v) is 1.53. The van der Waals surface area contributed by atoms with Crippen LogP contribution in [0.5, 0.6) is 5.75 Å². The molecule has 0 bridgehead atoms. The molecule has 0 aliphatic heterocycles. The van der Waals surface area contributed by atoms with Crippen molar-refractivity contribution in [2.45, 2.75) is 0 Å². The van der Waals surface area contributed by atoms with Crippen molar-refractivity contribution in [1.82, 2.24) is 4.98 Å². The van der Waals surface area contributed by atoms with Crippen LogP contribution >= 0.6 is 0 Å². The van der Waals surface area contributed by atoms with Gasteiger partial charge in [0.25, 0.3) is 0 Å². The first-order valence-corrected chi connectivity index (χ1v) is 5.30. The molecule has 0 saturated heterocycles. The molecule has 2 rings (SSSR count). The van der Waals surface area contributed by atoms with Gasteiger partial charge in [-0.2, -0.15) is 0 Å². The molecule has 2 N–H and O–H groups in total. The molecule has 1 aromatic carbocycles. The monoisotopic (exact) mass is 229 g/mol. The lowest BCUT2D eigenvalue weighted by atomic mass is 10.2. The summed E-state index contributed by atoms with van der Waals surface area (Å²) in [6, 6.07) is 11.5. The zero-order valence-corrected chi connectivity index (χ0v) is 9.92. The highest BCUT2D eigenvalue weighted by molar-refractivity contribution is 5.60. The van der Waals surface area contributed by atoms with E-state index in [1.807, 2.05) is 48.3 Å². The zero-order valence-electron chi connectivity index (χ0n) is 9.92. The molecule has 1 aromatic heterocycles. The van der Waals surface area contributed by atoms with Gasteiger partial charge in [-0.05, 0) is 36.4 Å². The summed E-state index contributed by atoms with van der Waals surface area (Å²) in [6.45, 7) is 0. The molecule has 0 atom stereocenters. The van der Waals surface area contributed by atoms with Gasteiger partial charge in [-0.15, -0.1) is 0 Å². The molecule has 4 heteroatoms. The first-order chi connectivity index (χ1) is 8.20. The largest absolute Gasteiger partial charge is 0.497 e. The van der Waals surface area contributed by atoms with Crippen molar-refractivity contribution in [3.63, 3.8) is 0 Å². The van der Waals surface area contributed by atoms with Gasteiger partial charge >= 0.3 is 0 Å². The Kier molecular flexibility index (Phi) is 3.14. The van der Waals surface area contributed by atoms with Gasteiger partial charge in [0.1, 0.15) is 11.6 Å². The molecule has 0 saturated carbocycles. The minimum atomic E-state index is 0.664. The molecule has 1 heterocycles. The maximum Gasteiger partial charge on any atom is 0.132 e. The number of ether oxygens (including phenoxy) is 1. The van der Waals surface area contributed by atoms with Crippen LogP contribution in [0.2, 0.25) is 0 Å². The van der Waals surface area contributed by atoms with Gasteiger partial charge in [-0.3, -0.25) is 0 Å². The summed E-state index contributed by atoms with van der Waals surface area (Å²) in [5, 5.41) is 0. The van der Waals surface area contributed by atoms with Gasteiger partial charge in [-0.25, -0.2) is 4.98 Å².